The van der Waals surface area contributed by atoms with Gasteiger partial charge >= 0.3 is 8.56 Å². The summed E-state index contributed by atoms with van der Waals surface area (Å²) >= 11 is 0. The van der Waals surface area contributed by atoms with Crippen molar-refractivity contribution in [2.75, 3.05) is 6.61 Å². The van der Waals surface area contributed by atoms with Crippen LogP contribution < -0.4 is 0 Å². The first kappa shape index (κ1) is 17.7. The van der Waals surface area contributed by atoms with E-state index in [2.05, 4.69) is 66.0 Å². The summed E-state index contributed by atoms with van der Waals surface area (Å²) in [5, 5.41) is -0.00638. The molecule has 0 aromatic rings. The van der Waals surface area contributed by atoms with Gasteiger partial charge in [0.1, 0.15) is 6.10 Å². The molecule has 3 nitrogen and oxygen atoms in total. The minimum Gasteiger partial charge on any atom is -0.391 e. The number of hydrogen-bond acceptors (Lipinski definition) is 3. The third kappa shape index (κ3) is 3.17. The van der Waals surface area contributed by atoms with E-state index >= 15 is 0 Å². The van der Waals surface area contributed by atoms with Crippen LogP contribution in [0.4, 0.5) is 0 Å². The third-order valence-corrected chi connectivity index (χ3v) is 9.57. The Balaban J connectivity index is 2.28. The van der Waals surface area contributed by atoms with Gasteiger partial charge in [0.05, 0.1) is 18.8 Å². The molecule has 2 rings (SSSR count). The molecule has 2 aliphatic rings. The molecule has 2 heterocycles. The fourth-order valence-corrected chi connectivity index (χ4v) is 8.56. The highest BCUT2D eigenvalue weighted by Crippen LogP contribution is 2.54. The van der Waals surface area contributed by atoms with Gasteiger partial charge in [-0.25, -0.2) is 0 Å². The Morgan fingerprint density at radius 3 is 2.36 bits per heavy atom. The fraction of sp³-hybridized carbons (Fsp3) is 0.722. The molecule has 2 aliphatic heterocycles. The summed E-state index contributed by atoms with van der Waals surface area (Å²) in [6, 6.07) is 0. The van der Waals surface area contributed by atoms with E-state index in [1.807, 2.05) is 6.08 Å². The second-order valence-electron chi connectivity index (χ2n) is 8.26. The maximum Gasteiger partial charge on any atom is 0.349 e. The Labute approximate surface area is 136 Å². The van der Waals surface area contributed by atoms with Crippen LogP contribution in [0.15, 0.2) is 30.5 Å². The number of hydrogen-bond donors (Lipinski definition) is 0. The maximum atomic E-state index is 6.67. The van der Waals surface area contributed by atoms with Gasteiger partial charge in [0.15, 0.2) is 0 Å². The molecule has 0 aromatic carbocycles. The SMILES string of the molecule is C=C=C[C@@H]1CC=C[C@@H]2O[Si](C(C)(C)C)(C(C)(C)C)OC[C@H]2O1. The van der Waals surface area contributed by atoms with E-state index in [1.165, 1.54) is 0 Å². The van der Waals surface area contributed by atoms with Crippen LogP contribution in [0, 0.1) is 0 Å². The molecular formula is C18H30O3Si. The predicted molar refractivity (Wildman–Crippen MR) is 92.1 cm³/mol. The monoisotopic (exact) mass is 322 g/mol. The molecule has 0 saturated carbocycles. The van der Waals surface area contributed by atoms with Crippen LogP contribution >= 0.6 is 0 Å². The first-order valence-electron chi connectivity index (χ1n) is 8.10. The van der Waals surface area contributed by atoms with Crippen molar-refractivity contribution in [3.63, 3.8) is 0 Å². The van der Waals surface area contributed by atoms with Crippen molar-refractivity contribution in [1.29, 1.82) is 0 Å². The topological polar surface area (TPSA) is 27.7 Å². The first-order chi connectivity index (χ1) is 10.1. The van der Waals surface area contributed by atoms with Crippen LogP contribution in [0.1, 0.15) is 48.0 Å². The molecule has 0 bridgehead atoms. The van der Waals surface area contributed by atoms with Gasteiger partial charge in [0.2, 0.25) is 0 Å². The molecule has 3 atom stereocenters. The van der Waals surface area contributed by atoms with Gasteiger partial charge in [-0.1, -0.05) is 60.3 Å². The highest BCUT2D eigenvalue weighted by molar-refractivity contribution is 6.73. The molecule has 0 radical (unpaired) electrons. The lowest BCUT2D eigenvalue weighted by Gasteiger charge is -2.54. The molecule has 0 amide bonds. The van der Waals surface area contributed by atoms with Crippen LogP contribution in [0.5, 0.6) is 0 Å². The van der Waals surface area contributed by atoms with Crippen LogP contribution in [-0.4, -0.2) is 33.5 Å². The predicted octanol–water partition coefficient (Wildman–Crippen LogP) is 4.50. The van der Waals surface area contributed by atoms with E-state index in [9.17, 15) is 0 Å². The number of fused-ring (bicyclic) bond motifs is 1. The van der Waals surface area contributed by atoms with Crippen molar-refractivity contribution in [3.05, 3.63) is 30.5 Å². The summed E-state index contributed by atoms with van der Waals surface area (Å²) in [4.78, 5) is 0. The van der Waals surface area contributed by atoms with E-state index in [1.54, 1.807) is 0 Å². The lowest BCUT2D eigenvalue weighted by Crippen LogP contribution is -2.64. The number of ether oxygens (including phenoxy) is 1. The Kier molecular flexibility index (Phi) is 4.91. The van der Waals surface area contributed by atoms with Gasteiger partial charge in [-0.2, -0.15) is 0 Å². The fourth-order valence-electron chi connectivity index (χ4n) is 3.65. The highest BCUT2D eigenvalue weighted by Gasteiger charge is 2.61. The van der Waals surface area contributed by atoms with Crippen molar-refractivity contribution in [3.8, 4) is 0 Å². The van der Waals surface area contributed by atoms with Gasteiger partial charge in [-0.3, -0.25) is 0 Å². The Morgan fingerprint density at radius 2 is 1.82 bits per heavy atom. The Morgan fingerprint density at radius 1 is 1.18 bits per heavy atom. The van der Waals surface area contributed by atoms with Crippen molar-refractivity contribution in [2.45, 2.75) is 76.4 Å². The van der Waals surface area contributed by atoms with Gasteiger partial charge < -0.3 is 13.6 Å². The average molecular weight is 323 g/mol. The Hall–Kier alpha value is -0.643. The maximum absolute atomic E-state index is 6.67. The molecule has 0 spiro atoms. The third-order valence-electron chi connectivity index (χ3n) is 4.44. The zero-order valence-corrected chi connectivity index (χ0v) is 15.8. The first-order valence-corrected chi connectivity index (χ1v) is 9.92. The largest absolute Gasteiger partial charge is 0.391 e. The lowest BCUT2D eigenvalue weighted by molar-refractivity contribution is -0.102. The summed E-state index contributed by atoms with van der Waals surface area (Å²) in [6.07, 6.45) is 6.94. The van der Waals surface area contributed by atoms with Gasteiger partial charge in [0, 0.05) is 10.1 Å². The summed E-state index contributed by atoms with van der Waals surface area (Å²) in [6.45, 7) is 17.6. The summed E-state index contributed by atoms with van der Waals surface area (Å²) < 4.78 is 19.2. The van der Waals surface area contributed by atoms with Gasteiger partial charge in [0.25, 0.3) is 0 Å². The van der Waals surface area contributed by atoms with Crippen molar-refractivity contribution in [2.24, 2.45) is 0 Å². The van der Waals surface area contributed by atoms with E-state index in [0.717, 1.165) is 6.42 Å². The quantitative estimate of drug-likeness (QED) is 0.404. The summed E-state index contributed by atoms with van der Waals surface area (Å²) in [5.74, 6) is 0. The highest BCUT2D eigenvalue weighted by atomic mass is 28.4. The molecular weight excluding hydrogens is 292 g/mol. The summed E-state index contributed by atoms with van der Waals surface area (Å²) in [5.41, 5.74) is 2.82. The standard InChI is InChI=1S/C18H30O3Si/c1-8-10-14-11-9-12-15-16(20-14)13-19-22(21-15,17(2,3)4)18(5,6)7/h9-10,12,14-16H,1,11,13H2,2-7H3/t14-,15+,16-/m1/s1. The molecule has 22 heavy (non-hydrogen) atoms. The molecule has 124 valence electrons. The van der Waals surface area contributed by atoms with E-state index < -0.39 is 8.56 Å². The molecule has 0 aliphatic carbocycles. The molecule has 0 unspecified atom stereocenters. The average Bonchev–Trinajstić information content (AvgIpc) is 2.57. The zero-order chi connectivity index (χ0) is 16.6. The second-order valence-corrected chi connectivity index (χ2v) is 13.0. The number of rotatable bonds is 1. The van der Waals surface area contributed by atoms with Crippen molar-refractivity contribution in [1.82, 2.24) is 0 Å². The molecule has 1 fully saturated rings. The smallest absolute Gasteiger partial charge is 0.349 e. The molecule has 0 aromatic heterocycles. The normalized spacial score (nSPS) is 31.8. The van der Waals surface area contributed by atoms with E-state index in [4.69, 9.17) is 13.6 Å². The minimum atomic E-state index is -2.43. The van der Waals surface area contributed by atoms with Gasteiger partial charge in [-0.15, -0.1) is 5.73 Å². The second kappa shape index (κ2) is 6.10. The molecule has 1 saturated heterocycles. The summed E-state index contributed by atoms with van der Waals surface area (Å²) in [7, 11) is -2.43. The van der Waals surface area contributed by atoms with E-state index in [-0.39, 0.29) is 28.4 Å². The van der Waals surface area contributed by atoms with Crippen LogP contribution in [0.2, 0.25) is 10.1 Å². The van der Waals surface area contributed by atoms with Crippen molar-refractivity contribution >= 4 is 8.56 Å². The van der Waals surface area contributed by atoms with Crippen LogP contribution in [0.25, 0.3) is 0 Å². The van der Waals surface area contributed by atoms with E-state index in [0.29, 0.717) is 6.61 Å². The molecule has 4 heteroatoms. The Bertz CT molecular complexity index is 464. The van der Waals surface area contributed by atoms with Crippen LogP contribution in [0.3, 0.4) is 0 Å². The van der Waals surface area contributed by atoms with Crippen LogP contribution in [-0.2, 0) is 13.6 Å². The zero-order valence-electron chi connectivity index (χ0n) is 14.8. The molecule has 0 N–H and O–H groups in total. The minimum absolute atomic E-state index is 0.00319. The van der Waals surface area contributed by atoms with Crippen molar-refractivity contribution < 1.29 is 13.6 Å². The lowest BCUT2D eigenvalue weighted by atomic mass is 10.2. The van der Waals surface area contributed by atoms with Gasteiger partial charge in [-0.05, 0) is 12.5 Å².